The van der Waals surface area contributed by atoms with Crippen LogP contribution in [0.5, 0.6) is 0 Å². The van der Waals surface area contributed by atoms with Gasteiger partial charge in [0.15, 0.2) is 0 Å². The van der Waals surface area contributed by atoms with Crippen molar-refractivity contribution in [2.45, 2.75) is 44.6 Å². The van der Waals surface area contributed by atoms with Crippen molar-refractivity contribution < 1.29 is 13.9 Å². The number of hydrogen-bond acceptors (Lipinski definition) is 3. The maximum atomic E-state index is 13.1. The number of piperidine rings is 1. The molecule has 4 nitrogen and oxygen atoms in total. The van der Waals surface area contributed by atoms with E-state index >= 15 is 0 Å². The first-order valence-electron chi connectivity index (χ1n) is 10.6. The molecule has 1 saturated heterocycles. The topological polar surface area (TPSA) is 41.6 Å². The van der Waals surface area contributed by atoms with Crippen LogP contribution in [0.3, 0.4) is 0 Å². The van der Waals surface area contributed by atoms with Gasteiger partial charge in [-0.1, -0.05) is 18.9 Å². The molecule has 154 valence electrons. The summed E-state index contributed by atoms with van der Waals surface area (Å²) in [6.45, 7) is 8.37. The molecule has 1 heterocycles. The summed E-state index contributed by atoms with van der Waals surface area (Å²) in [6.07, 6.45) is 8.80. The van der Waals surface area contributed by atoms with E-state index in [1.54, 1.807) is 18.2 Å². The van der Waals surface area contributed by atoms with Gasteiger partial charge in [0.25, 0.3) is 5.91 Å². The fraction of sp³-hybridized carbons (Fsp3) is 0.609. The number of carbonyl (C=O) groups excluding carboxylic acids is 1. The van der Waals surface area contributed by atoms with E-state index in [1.807, 2.05) is 0 Å². The minimum Gasteiger partial charge on any atom is -0.377 e. The van der Waals surface area contributed by atoms with Gasteiger partial charge in [-0.15, -0.1) is 6.58 Å². The lowest BCUT2D eigenvalue weighted by Crippen LogP contribution is -2.48. The zero-order valence-electron chi connectivity index (χ0n) is 16.7. The molecule has 2 aliphatic rings. The largest absolute Gasteiger partial charge is 0.377 e. The molecule has 1 unspecified atom stereocenters. The van der Waals surface area contributed by atoms with Crippen LogP contribution in [-0.2, 0) is 4.74 Å². The summed E-state index contributed by atoms with van der Waals surface area (Å²) in [6, 6.07) is 6.00. The van der Waals surface area contributed by atoms with Crippen LogP contribution < -0.4 is 5.32 Å². The molecule has 1 aromatic rings. The Hall–Kier alpha value is -1.72. The average molecular weight is 389 g/mol. The molecule has 1 saturated carbocycles. The highest BCUT2D eigenvalue weighted by Crippen LogP contribution is 2.27. The van der Waals surface area contributed by atoms with Crippen LogP contribution in [0.25, 0.3) is 0 Å². The lowest BCUT2D eigenvalue weighted by atomic mass is 9.83. The van der Waals surface area contributed by atoms with Crippen LogP contribution in [0.15, 0.2) is 36.9 Å². The minimum absolute atomic E-state index is 0.0914. The SMILES string of the molecule is C=CCOCC1CCCN(C[C@@H]2CCCC[C@H]2NC(=O)c2ccc(F)cc2)C1. The Bertz CT molecular complexity index is 634. The highest BCUT2D eigenvalue weighted by molar-refractivity contribution is 5.94. The summed E-state index contributed by atoms with van der Waals surface area (Å²) in [4.78, 5) is 15.1. The lowest BCUT2D eigenvalue weighted by Gasteiger charge is -2.39. The van der Waals surface area contributed by atoms with Crippen molar-refractivity contribution in [2.75, 3.05) is 32.8 Å². The molecule has 2 fully saturated rings. The minimum atomic E-state index is -0.316. The second-order valence-electron chi connectivity index (χ2n) is 8.23. The van der Waals surface area contributed by atoms with Crippen molar-refractivity contribution in [1.82, 2.24) is 10.2 Å². The molecule has 0 radical (unpaired) electrons. The van der Waals surface area contributed by atoms with Gasteiger partial charge in [0.05, 0.1) is 13.2 Å². The van der Waals surface area contributed by atoms with Gasteiger partial charge in [-0.2, -0.15) is 0 Å². The van der Waals surface area contributed by atoms with Crippen LogP contribution >= 0.6 is 0 Å². The number of benzene rings is 1. The molecule has 1 aliphatic carbocycles. The summed E-state index contributed by atoms with van der Waals surface area (Å²) in [5, 5.41) is 3.22. The van der Waals surface area contributed by atoms with E-state index in [9.17, 15) is 9.18 Å². The Labute approximate surface area is 168 Å². The third-order valence-corrected chi connectivity index (χ3v) is 6.02. The molecular formula is C23H33FN2O2. The van der Waals surface area contributed by atoms with E-state index in [-0.39, 0.29) is 17.8 Å². The summed E-state index contributed by atoms with van der Waals surface area (Å²) in [7, 11) is 0. The van der Waals surface area contributed by atoms with Crippen molar-refractivity contribution in [2.24, 2.45) is 11.8 Å². The molecule has 0 spiro atoms. The number of rotatable bonds is 8. The van der Waals surface area contributed by atoms with Gasteiger partial charge in [-0.3, -0.25) is 4.79 Å². The standard InChI is InChI=1S/C23H33FN2O2/c1-2-14-28-17-18-6-5-13-26(15-18)16-20-7-3-4-8-22(20)25-23(27)19-9-11-21(24)12-10-19/h2,9-12,18,20,22H,1,3-8,13-17H2,(H,25,27)/t18?,20-,22+/m0/s1. The first kappa shape index (κ1) is 21.0. The number of hydrogen-bond donors (Lipinski definition) is 1. The normalized spacial score (nSPS) is 26.0. The van der Waals surface area contributed by atoms with E-state index in [0.29, 0.717) is 24.0 Å². The van der Waals surface area contributed by atoms with Gasteiger partial charge in [-0.25, -0.2) is 4.39 Å². The van der Waals surface area contributed by atoms with Gasteiger partial charge in [0, 0.05) is 24.7 Å². The third kappa shape index (κ3) is 6.14. The van der Waals surface area contributed by atoms with Crippen molar-refractivity contribution in [1.29, 1.82) is 0 Å². The Balaban J connectivity index is 1.53. The van der Waals surface area contributed by atoms with Gasteiger partial charge in [0.2, 0.25) is 0 Å². The number of halogens is 1. The Kier molecular flexibility index (Phi) is 8.04. The first-order chi connectivity index (χ1) is 13.7. The number of likely N-dealkylation sites (tertiary alicyclic amines) is 1. The second kappa shape index (κ2) is 10.7. The van der Waals surface area contributed by atoms with E-state index in [2.05, 4.69) is 16.8 Å². The molecule has 1 N–H and O–H groups in total. The van der Waals surface area contributed by atoms with Gasteiger partial charge < -0.3 is 15.0 Å². The van der Waals surface area contributed by atoms with Crippen LogP contribution in [-0.4, -0.2) is 49.7 Å². The lowest BCUT2D eigenvalue weighted by molar-refractivity contribution is 0.0599. The van der Waals surface area contributed by atoms with Crippen molar-refractivity contribution in [3.63, 3.8) is 0 Å². The summed E-state index contributed by atoms with van der Waals surface area (Å²) in [5.41, 5.74) is 0.531. The molecule has 28 heavy (non-hydrogen) atoms. The Morgan fingerprint density at radius 3 is 2.79 bits per heavy atom. The number of ether oxygens (including phenoxy) is 1. The van der Waals surface area contributed by atoms with Crippen molar-refractivity contribution >= 4 is 5.91 Å². The second-order valence-corrected chi connectivity index (χ2v) is 8.23. The monoisotopic (exact) mass is 388 g/mol. The molecule has 0 aromatic heterocycles. The van der Waals surface area contributed by atoms with Crippen LogP contribution in [0.1, 0.15) is 48.9 Å². The molecular weight excluding hydrogens is 355 g/mol. The summed E-state index contributed by atoms with van der Waals surface area (Å²) >= 11 is 0. The fourth-order valence-corrected chi connectivity index (χ4v) is 4.57. The smallest absolute Gasteiger partial charge is 0.251 e. The predicted molar refractivity (Wildman–Crippen MR) is 110 cm³/mol. The fourth-order valence-electron chi connectivity index (χ4n) is 4.57. The zero-order chi connectivity index (χ0) is 19.8. The van der Waals surface area contributed by atoms with Crippen molar-refractivity contribution in [3.8, 4) is 0 Å². The molecule has 3 rings (SSSR count). The highest BCUT2D eigenvalue weighted by atomic mass is 19.1. The molecule has 1 aromatic carbocycles. The van der Waals surface area contributed by atoms with E-state index in [1.165, 1.54) is 31.4 Å². The predicted octanol–water partition coefficient (Wildman–Crippen LogP) is 4.03. The van der Waals surface area contributed by atoms with Gasteiger partial charge in [-0.05, 0) is 68.3 Å². The molecule has 3 atom stereocenters. The molecule has 0 bridgehead atoms. The molecule has 1 amide bonds. The first-order valence-corrected chi connectivity index (χ1v) is 10.6. The van der Waals surface area contributed by atoms with Crippen LogP contribution in [0.2, 0.25) is 0 Å². The number of carbonyl (C=O) groups is 1. The number of nitrogens with zero attached hydrogens (tertiary/aromatic N) is 1. The maximum Gasteiger partial charge on any atom is 0.251 e. The summed E-state index contributed by atoms with van der Waals surface area (Å²) in [5.74, 6) is 0.658. The zero-order valence-corrected chi connectivity index (χ0v) is 16.7. The van der Waals surface area contributed by atoms with E-state index in [4.69, 9.17) is 4.74 Å². The van der Waals surface area contributed by atoms with Crippen molar-refractivity contribution in [3.05, 3.63) is 48.3 Å². The summed E-state index contributed by atoms with van der Waals surface area (Å²) < 4.78 is 18.8. The van der Waals surface area contributed by atoms with Gasteiger partial charge >= 0.3 is 0 Å². The Morgan fingerprint density at radius 2 is 2.00 bits per heavy atom. The van der Waals surface area contributed by atoms with Gasteiger partial charge in [0.1, 0.15) is 5.82 Å². The van der Waals surface area contributed by atoms with E-state index < -0.39 is 0 Å². The quantitative estimate of drug-likeness (QED) is 0.540. The van der Waals surface area contributed by atoms with Crippen LogP contribution in [0, 0.1) is 17.7 Å². The number of amides is 1. The third-order valence-electron chi connectivity index (χ3n) is 6.02. The average Bonchev–Trinajstić information content (AvgIpc) is 2.70. The Morgan fingerprint density at radius 1 is 1.21 bits per heavy atom. The highest BCUT2D eigenvalue weighted by Gasteiger charge is 2.30. The number of nitrogens with one attached hydrogen (secondary N) is 1. The maximum absolute atomic E-state index is 13.1. The van der Waals surface area contributed by atoms with E-state index in [0.717, 1.165) is 45.5 Å². The molecule has 5 heteroatoms. The molecule has 1 aliphatic heterocycles. The van der Waals surface area contributed by atoms with Crippen LogP contribution in [0.4, 0.5) is 4.39 Å².